The summed E-state index contributed by atoms with van der Waals surface area (Å²) < 4.78 is 180. The molecule has 0 saturated heterocycles. The van der Waals surface area contributed by atoms with Crippen molar-refractivity contribution < 1.29 is 91.3 Å². The fourth-order valence-corrected chi connectivity index (χ4v) is 21.8. The molecule has 4 aliphatic carbocycles. The Hall–Kier alpha value is -9.74. The fraction of sp³-hybridized carbons (Fsp3) is 0.492. The van der Waals surface area contributed by atoms with E-state index in [1.165, 1.54) is 168 Å². The van der Waals surface area contributed by atoms with Crippen molar-refractivity contribution >= 4 is 17.1 Å². The van der Waals surface area contributed by atoms with E-state index in [1.54, 1.807) is 25.0 Å². The van der Waals surface area contributed by atoms with Gasteiger partial charge in [-0.1, -0.05) is 166 Å². The van der Waals surface area contributed by atoms with E-state index in [0.717, 1.165) is 56.0 Å². The molecule has 0 N–H and O–H groups in total. The Morgan fingerprint density at radius 1 is 0.245 bits per heavy atom. The van der Waals surface area contributed by atoms with Gasteiger partial charge in [0.25, 0.3) is 0 Å². The summed E-state index contributed by atoms with van der Waals surface area (Å²) in [5, 5.41) is 0. The van der Waals surface area contributed by atoms with E-state index in [0.29, 0.717) is 11.3 Å². The summed E-state index contributed by atoms with van der Waals surface area (Å²) in [6.45, 7) is 58.5. The van der Waals surface area contributed by atoms with Gasteiger partial charge >= 0.3 is 30.4 Å². The van der Waals surface area contributed by atoms with E-state index in [-0.39, 0.29) is 50.2 Å². The van der Waals surface area contributed by atoms with Crippen LogP contribution in [0.4, 0.5) is 61.0 Å². The first-order chi connectivity index (χ1) is 64.4. The second-order valence-electron chi connectivity index (χ2n) is 43.2. The number of allylic oxidation sites excluding steroid dienone is 3. The van der Waals surface area contributed by atoms with Crippen molar-refractivity contribution in [3.05, 3.63) is 322 Å². The van der Waals surface area contributed by atoms with Crippen LogP contribution in [-0.2, 0) is 59.4 Å². The van der Waals surface area contributed by atoms with Gasteiger partial charge in [0, 0.05) is 50.1 Å². The second-order valence-corrected chi connectivity index (χ2v) is 43.2. The molecule has 0 bridgehead atoms. The molecule has 4 saturated carbocycles. The lowest BCUT2D eigenvalue weighted by Gasteiger charge is -2.45. The summed E-state index contributed by atoms with van der Waals surface area (Å²) in [5.41, 5.74) is 21.8. The zero-order valence-corrected chi connectivity index (χ0v) is 86.8. The van der Waals surface area contributed by atoms with E-state index in [2.05, 4.69) is 323 Å². The number of hydrogen-bond donors (Lipinski definition) is 0. The molecule has 11 nitrogen and oxygen atoms in total. The maximum absolute atomic E-state index is 13.0. The van der Waals surface area contributed by atoms with Crippen LogP contribution in [0.25, 0.3) is 0 Å². The maximum Gasteiger partial charge on any atom is 0.468 e. The lowest BCUT2D eigenvalue weighted by molar-refractivity contribution is -0.322. The quantitative estimate of drug-likeness (QED) is 0.125. The molecule has 0 unspecified atom stereocenters. The first kappa shape index (κ1) is 105. The summed E-state index contributed by atoms with van der Waals surface area (Å²) in [4.78, 5) is 2.35. The first-order valence-electron chi connectivity index (χ1n) is 48.8. The van der Waals surface area contributed by atoms with Crippen molar-refractivity contribution in [2.75, 3.05) is 4.90 Å². The molecule has 0 radical (unpaired) electrons. The average Bonchev–Trinajstić information content (AvgIpc) is 1.57. The molecule has 11 aliphatic heterocycles. The highest BCUT2D eigenvalue weighted by Gasteiger charge is 2.67. The van der Waals surface area contributed by atoms with Crippen LogP contribution >= 0.6 is 0 Å². The minimum absolute atomic E-state index is 0.000579. The third-order valence-electron chi connectivity index (χ3n) is 33.6. The number of benzene rings is 7. The minimum atomic E-state index is -4.37. The summed E-state index contributed by atoms with van der Waals surface area (Å²) in [5.74, 6) is -1.28. The molecule has 139 heavy (non-hydrogen) atoms. The predicted octanol–water partition coefficient (Wildman–Crippen LogP) is 33.9. The summed E-state index contributed by atoms with van der Waals surface area (Å²) in [7, 11) is 0. The van der Waals surface area contributed by atoms with Gasteiger partial charge in [-0.2, -0.15) is 43.9 Å². The lowest BCUT2D eigenvalue weighted by Crippen LogP contribution is -2.40. The van der Waals surface area contributed by atoms with Crippen molar-refractivity contribution in [1.29, 1.82) is 0 Å². The van der Waals surface area contributed by atoms with Gasteiger partial charge in [0.05, 0.1) is 67.5 Å². The molecule has 6 spiro atoms. The lowest BCUT2D eigenvalue weighted by atomic mass is 9.70. The molecule has 0 amide bonds. The van der Waals surface area contributed by atoms with E-state index in [4.69, 9.17) is 33.2 Å². The van der Waals surface area contributed by atoms with Gasteiger partial charge in [0.2, 0.25) is 0 Å². The van der Waals surface area contributed by atoms with Crippen LogP contribution in [-0.4, -0.2) is 75.2 Å². The number of rotatable bonds is 3. The molecule has 0 aromatic heterocycles. The third-order valence-corrected chi connectivity index (χ3v) is 33.6. The van der Waals surface area contributed by atoms with Gasteiger partial charge in [0.15, 0.2) is 0 Å². The standard InChI is InChI=1S/C26H25NO.C20H20O2.C20H22O.C12H20O.C10H14O.C10H16O.C8H12F2O.2C6H6F4O/c1-18-19(2)26(28-25(18,3)4)21-14-8-10-16-23(21)27(20-12-6-5-7-13-20)24-17-11-9-15-22(24)26;1-13-14(2)20(22-19(13,3)4)15-9-5-7-11-17(15)21-18-12-8-6-10-16(18)20;1-15-16(2)20(21-19(15,3)4,17-11-7-5-8-12-17)18-13-9-6-10-14-18;1-9-10(2)13-12(11(9,3)4)7-5-6-8-12;1-7-8(2)10(5-6-10)11-9(7)3-4-9;1-7-8(2)10(5-6-10)11-9(7,3)4;1-5-6(2)11-8(9,10)7(5,3)4;1-3-4(2)11-6(9,10)5(3,7)8;1-3-4(2)6(9,10)11-5(3,7)8/h5-17H,1-4H3;5-12H,1-4H3;5-14H,1-4H3;5-8H2,1-4H3;3-6H2,1-2H3;5-6H2,1-4H3;1-4H3;2*1-2H3. The third kappa shape index (κ3) is 17.9. The summed E-state index contributed by atoms with van der Waals surface area (Å²) >= 11 is 0. The largest absolute Gasteiger partial charge is 0.491 e. The highest BCUT2D eigenvalue weighted by molar-refractivity contribution is 5.87. The molecule has 748 valence electrons. The minimum Gasteiger partial charge on any atom is -0.491 e. The molecule has 15 aliphatic rings. The van der Waals surface area contributed by atoms with Crippen LogP contribution in [0.5, 0.6) is 11.5 Å². The predicted molar refractivity (Wildman–Crippen MR) is 530 cm³/mol. The number of fused-ring (bicyclic) bond motifs is 8. The molecular weight excluding hydrogens is 1780 g/mol. The van der Waals surface area contributed by atoms with E-state index in [9.17, 15) is 43.9 Å². The van der Waals surface area contributed by atoms with E-state index in [1.807, 2.05) is 36.4 Å². The van der Waals surface area contributed by atoms with Crippen molar-refractivity contribution in [2.24, 2.45) is 10.8 Å². The number of hydrogen-bond acceptors (Lipinski definition) is 11. The monoisotopic (exact) mass is 1920 g/mol. The van der Waals surface area contributed by atoms with Crippen LogP contribution < -0.4 is 9.64 Å². The van der Waals surface area contributed by atoms with Gasteiger partial charge in [-0.25, -0.2) is 4.74 Å². The normalized spacial score (nSPS) is 24.6. The second kappa shape index (κ2) is 36.3. The van der Waals surface area contributed by atoms with Crippen LogP contribution in [0.3, 0.4) is 0 Å². The maximum atomic E-state index is 13.0. The first-order valence-corrected chi connectivity index (χ1v) is 48.8. The Morgan fingerprint density at radius 2 is 0.547 bits per heavy atom. The van der Waals surface area contributed by atoms with Crippen LogP contribution in [0.2, 0.25) is 0 Å². The molecule has 4 fully saturated rings. The average molecular weight is 1920 g/mol. The number of nitrogens with zero attached hydrogens (tertiary/aromatic N) is 1. The Bertz CT molecular complexity index is 5850. The van der Waals surface area contributed by atoms with Crippen molar-refractivity contribution in [2.45, 2.75) is 364 Å². The Labute approximate surface area is 817 Å². The summed E-state index contributed by atoms with van der Waals surface area (Å²) in [6.07, 6.45) is -2.30. The number of halogens is 10. The van der Waals surface area contributed by atoms with Gasteiger partial charge < -0.3 is 47.5 Å². The smallest absolute Gasteiger partial charge is 0.468 e. The fourth-order valence-electron chi connectivity index (χ4n) is 21.8. The van der Waals surface area contributed by atoms with Gasteiger partial charge in [-0.3, -0.25) is 0 Å². The number of para-hydroxylation sites is 5. The molecule has 21 heteroatoms. The molecular formula is C118H141F10NO10. The van der Waals surface area contributed by atoms with Crippen molar-refractivity contribution in [3.8, 4) is 11.5 Å². The Morgan fingerprint density at radius 3 is 0.820 bits per heavy atom. The SMILES string of the molecule is CC1=C(C)C(C)(C)C(F)(F)O1.CC1=C(C)C(C)(C)C2(CCCC2)O1.CC1=C(C)C(F)(F)C(F)(F)O1.CC1=C(C)C(F)(F)OC1(F)F.CC1=C(C)C(c2ccccc2)(c2ccccc2)OC1(C)C.CC1=C(C)C2(CC2)OC1(C)C.CC1=C(C)C2(CC2)OC12CC2.CC1=C(C)C2(OC1(C)C)c1ccccc1N(c1ccccc1)c1ccccc12.CC1=C(C)C2(OC1(C)C)c1ccccc1Oc1ccccc12. The summed E-state index contributed by atoms with van der Waals surface area (Å²) in [6, 6.07) is 65.3. The highest BCUT2D eigenvalue weighted by atomic mass is 19.3. The Balaban J connectivity index is 0.000000128. The van der Waals surface area contributed by atoms with Gasteiger partial charge in [-0.15, -0.1) is 0 Å². The zero-order chi connectivity index (χ0) is 102. The van der Waals surface area contributed by atoms with Crippen molar-refractivity contribution in [3.63, 3.8) is 0 Å². The number of anilines is 3. The van der Waals surface area contributed by atoms with Crippen LogP contribution in [0.1, 0.15) is 305 Å². The Kier molecular flexibility index (Phi) is 27.4. The van der Waals surface area contributed by atoms with E-state index < -0.39 is 75.1 Å². The number of alkyl halides is 10. The molecule has 7 aromatic carbocycles. The van der Waals surface area contributed by atoms with Crippen molar-refractivity contribution in [1.82, 2.24) is 0 Å². The molecule has 11 heterocycles. The zero-order valence-electron chi connectivity index (χ0n) is 86.8. The molecule has 7 aromatic rings. The highest BCUT2D eigenvalue weighted by Crippen LogP contribution is 2.67. The topological polar surface area (TPSA) is 95.5 Å². The molecule has 0 atom stereocenters. The van der Waals surface area contributed by atoms with Crippen LogP contribution in [0, 0.1) is 10.8 Å². The van der Waals surface area contributed by atoms with Gasteiger partial charge in [-0.05, 0) is 372 Å². The van der Waals surface area contributed by atoms with Gasteiger partial charge in [0.1, 0.15) is 39.7 Å². The molecule has 22 rings (SSSR count). The van der Waals surface area contributed by atoms with E-state index >= 15 is 0 Å². The number of ether oxygens (including phenoxy) is 10. The van der Waals surface area contributed by atoms with Crippen LogP contribution in [0.15, 0.2) is 289 Å².